The second-order valence-corrected chi connectivity index (χ2v) is 4.25. The van der Waals surface area contributed by atoms with Crippen molar-refractivity contribution in [3.8, 4) is 0 Å². The molecule has 1 unspecified atom stereocenters. The minimum atomic E-state index is -0.556. The first kappa shape index (κ1) is 11.7. The van der Waals surface area contributed by atoms with Gasteiger partial charge in [-0.05, 0) is 18.9 Å². The third-order valence-electron chi connectivity index (χ3n) is 2.85. The summed E-state index contributed by atoms with van der Waals surface area (Å²) in [7, 11) is 0. The Morgan fingerprint density at radius 3 is 3.00 bits per heavy atom. The molecule has 2 heterocycles. The van der Waals surface area contributed by atoms with Crippen molar-refractivity contribution in [2.24, 2.45) is 5.73 Å². The SMILES string of the molecule is NC(=O)c1cc(N)cnc1N1CCCC(O)C1. The number of carbonyl (C=O) groups excluding carboxylic acids is 1. The van der Waals surface area contributed by atoms with Crippen LogP contribution in [0.5, 0.6) is 0 Å². The summed E-state index contributed by atoms with van der Waals surface area (Å²) in [5.74, 6) is -0.0506. The summed E-state index contributed by atoms with van der Waals surface area (Å²) >= 11 is 0. The predicted molar refractivity (Wildman–Crippen MR) is 64.6 cm³/mol. The molecule has 1 aromatic rings. The van der Waals surface area contributed by atoms with Crippen molar-refractivity contribution in [3.63, 3.8) is 0 Å². The molecule has 92 valence electrons. The van der Waals surface area contributed by atoms with Gasteiger partial charge >= 0.3 is 0 Å². The van der Waals surface area contributed by atoms with Gasteiger partial charge in [-0.15, -0.1) is 0 Å². The predicted octanol–water partition coefficient (Wildman–Crippen LogP) is -0.276. The van der Waals surface area contributed by atoms with Gasteiger partial charge in [-0.1, -0.05) is 0 Å². The van der Waals surface area contributed by atoms with Crippen LogP contribution < -0.4 is 16.4 Å². The number of aliphatic hydroxyl groups excluding tert-OH is 1. The fourth-order valence-electron chi connectivity index (χ4n) is 2.05. The van der Waals surface area contributed by atoms with Crippen molar-refractivity contribution in [2.45, 2.75) is 18.9 Å². The maximum Gasteiger partial charge on any atom is 0.252 e. The first-order valence-electron chi connectivity index (χ1n) is 5.56. The molecular weight excluding hydrogens is 220 g/mol. The molecule has 0 radical (unpaired) electrons. The number of aliphatic hydroxyl groups is 1. The molecule has 5 N–H and O–H groups in total. The molecule has 0 aromatic carbocycles. The van der Waals surface area contributed by atoms with E-state index in [1.807, 2.05) is 4.90 Å². The lowest BCUT2D eigenvalue weighted by molar-refractivity contribution is 0.0999. The minimum absolute atomic E-state index is 0.305. The van der Waals surface area contributed by atoms with Crippen LogP contribution in [0.15, 0.2) is 12.3 Å². The molecule has 0 aliphatic carbocycles. The summed E-state index contributed by atoms with van der Waals surface area (Å²) in [6.07, 6.45) is 2.75. The van der Waals surface area contributed by atoms with Crippen molar-refractivity contribution in [2.75, 3.05) is 23.7 Å². The topological polar surface area (TPSA) is 105 Å². The second kappa shape index (κ2) is 4.58. The van der Waals surface area contributed by atoms with E-state index >= 15 is 0 Å². The number of primary amides is 1. The summed E-state index contributed by atoms with van der Waals surface area (Å²) in [5.41, 5.74) is 11.6. The number of nitrogens with two attached hydrogens (primary N) is 2. The third-order valence-corrected chi connectivity index (χ3v) is 2.85. The molecule has 6 nitrogen and oxygen atoms in total. The number of hydrogen-bond donors (Lipinski definition) is 3. The minimum Gasteiger partial charge on any atom is -0.397 e. The summed E-state index contributed by atoms with van der Waals surface area (Å²) in [6.45, 7) is 1.23. The molecule has 6 heteroatoms. The zero-order valence-electron chi connectivity index (χ0n) is 9.47. The lowest BCUT2D eigenvalue weighted by Gasteiger charge is -2.31. The van der Waals surface area contributed by atoms with Gasteiger partial charge in [-0.3, -0.25) is 4.79 Å². The van der Waals surface area contributed by atoms with Crippen molar-refractivity contribution < 1.29 is 9.90 Å². The number of pyridine rings is 1. The molecule has 0 saturated carbocycles. The quantitative estimate of drug-likeness (QED) is 0.655. The highest BCUT2D eigenvalue weighted by molar-refractivity contribution is 5.98. The second-order valence-electron chi connectivity index (χ2n) is 4.25. The Labute approximate surface area is 99.2 Å². The van der Waals surface area contributed by atoms with E-state index in [9.17, 15) is 9.90 Å². The Bertz CT molecular complexity index is 435. The fraction of sp³-hybridized carbons (Fsp3) is 0.455. The van der Waals surface area contributed by atoms with E-state index in [1.54, 1.807) is 0 Å². The van der Waals surface area contributed by atoms with Crippen LogP contribution in [0.4, 0.5) is 11.5 Å². The summed E-state index contributed by atoms with van der Waals surface area (Å²) < 4.78 is 0. The Balaban J connectivity index is 2.33. The van der Waals surface area contributed by atoms with Gasteiger partial charge in [0.2, 0.25) is 0 Å². The van der Waals surface area contributed by atoms with Crippen LogP contribution in [0, 0.1) is 0 Å². The average Bonchev–Trinajstić information content (AvgIpc) is 2.28. The number of hydrogen-bond acceptors (Lipinski definition) is 5. The van der Waals surface area contributed by atoms with E-state index in [2.05, 4.69) is 4.98 Å². The Hall–Kier alpha value is -1.82. The van der Waals surface area contributed by atoms with Gasteiger partial charge in [0.25, 0.3) is 5.91 Å². The summed E-state index contributed by atoms with van der Waals surface area (Å²) in [4.78, 5) is 17.4. The van der Waals surface area contributed by atoms with Gasteiger partial charge in [0.05, 0.1) is 23.6 Å². The van der Waals surface area contributed by atoms with Crippen LogP contribution in [0.25, 0.3) is 0 Å². The molecule has 1 amide bonds. The van der Waals surface area contributed by atoms with Crippen LogP contribution >= 0.6 is 0 Å². The zero-order valence-corrected chi connectivity index (χ0v) is 9.47. The van der Waals surface area contributed by atoms with Gasteiger partial charge in [0.1, 0.15) is 5.82 Å². The van der Waals surface area contributed by atoms with E-state index in [4.69, 9.17) is 11.5 Å². The third kappa shape index (κ3) is 2.47. The molecule has 1 aromatic heterocycles. The van der Waals surface area contributed by atoms with E-state index in [-0.39, 0.29) is 6.10 Å². The number of nitrogen functional groups attached to an aromatic ring is 1. The molecule has 1 saturated heterocycles. The van der Waals surface area contributed by atoms with E-state index in [0.717, 1.165) is 19.4 Å². The smallest absolute Gasteiger partial charge is 0.252 e. The Kier molecular flexibility index (Phi) is 3.14. The number of nitrogens with zero attached hydrogens (tertiary/aromatic N) is 2. The number of carbonyl (C=O) groups is 1. The molecular formula is C11H16N4O2. The monoisotopic (exact) mass is 236 g/mol. The normalized spacial score (nSPS) is 20.3. The van der Waals surface area contributed by atoms with E-state index in [0.29, 0.717) is 23.6 Å². The molecule has 1 atom stereocenters. The van der Waals surface area contributed by atoms with Crippen LogP contribution in [0.2, 0.25) is 0 Å². The molecule has 0 spiro atoms. The van der Waals surface area contributed by atoms with Crippen LogP contribution in [-0.4, -0.2) is 35.2 Å². The molecule has 0 bridgehead atoms. The molecule has 2 rings (SSSR count). The maximum absolute atomic E-state index is 11.3. The zero-order chi connectivity index (χ0) is 12.4. The van der Waals surface area contributed by atoms with Crippen LogP contribution in [0.1, 0.15) is 23.2 Å². The maximum atomic E-state index is 11.3. The highest BCUT2D eigenvalue weighted by Crippen LogP contribution is 2.23. The van der Waals surface area contributed by atoms with Crippen molar-refractivity contribution >= 4 is 17.4 Å². The summed E-state index contributed by atoms with van der Waals surface area (Å²) in [5, 5.41) is 9.61. The lowest BCUT2D eigenvalue weighted by Crippen LogP contribution is -2.39. The van der Waals surface area contributed by atoms with Gasteiger partial charge in [-0.25, -0.2) is 4.98 Å². The number of amides is 1. The van der Waals surface area contributed by atoms with Gasteiger partial charge in [0, 0.05) is 13.1 Å². The van der Waals surface area contributed by atoms with Crippen LogP contribution in [0.3, 0.4) is 0 Å². The van der Waals surface area contributed by atoms with Crippen molar-refractivity contribution in [1.82, 2.24) is 4.98 Å². The molecule has 1 aliphatic rings. The first-order chi connectivity index (χ1) is 8.08. The average molecular weight is 236 g/mol. The number of anilines is 2. The first-order valence-corrected chi connectivity index (χ1v) is 5.56. The van der Waals surface area contributed by atoms with Crippen molar-refractivity contribution in [3.05, 3.63) is 17.8 Å². The molecule has 1 fully saturated rings. The highest BCUT2D eigenvalue weighted by atomic mass is 16.3. The van der Waals surface area contributed by atoms with Crippen molar-refractivity contribution in [1.29, 1.82) is 0 Å². The summed E-state index contributed by atoms with van der Waals surface area (Å²) in [6, 6.07) is 1.52. The Morgan fingerprint density at radius 1 is 1.59 bits per heavy atom. The van der Waals surface area contributed by atoms with E-state index < -0.39 is 5.91 Å². The fourth-order valence-corrected chi connectivity index (χ4v) is 2.05. The lowest BCUT2D eigenvalue weighted by atomic mass is 10.1. The number of rotatable bonds is 2. The number of aromatic nitrogens is 1. The van der Waals surface area contributed by atoms with Crippen LogP contribution in [-0.2, 0) is 0 Å². The number of piperidine rings is 1. The number of β-amino-alcohol motifs (C(OH)–C–C–N with tert-alkyl or cyclic N) is 1. The molecule has 17 heavy (non-hydrogen) atoms. The standard InChI is InChI=1S/C11H16N4O2/c12-7-4-9(10(13)17)11(14-5-7)15-3-1-2-8(16)6-15/h4-5,8,16H,1-3,6,12H2,(H2,13,17). The van der Waals surface area contributed by atoms with Gasteiger partial charge < -0.3 is 21.5 Å². The highest BCUT2D eigenvalue weighted by Gasteiger charge is 2.22. The van der Waals surface area contributed by atoms with Gasteiger partial charge in [-0.2, -0.15) is 0 Å². The van der Waals surface area contributed by atoms with E-state index in [1.165, 1.54) is 12.3 Å². The van der Waals surface area contributed by atoms with Gasteiger partial charge in [0.15, 0.2) is 0 Å². The largest absolute Gasteiger partial charge is 0.397 e. The Morgan fingerprint density at radius 2 is 2.35 bits per heavy atom. The molecule has 1 aliphatic heterocycles.